The maximum atomic E-state index is 11.7. The molecular weight excluding hydrogens is 304 g/mol. The van der Waals surface area contributed by atoms with Gasteiger partial charge in [0.15, 0.2) is 5.78 Å². The summed E-state index contributed by atoms with van der Waals surface area (Å²) in [7, 11) is 0. The summed E-state index contributed by atoms with van der Waals surface area (Å²) >= 11 is 0. The molecule has 134 valence electrons. The summed E-state index contributed by atoms with van der Waals surface area (Å²) in [4.78, 5) is 11.7. The van der Waals surface area contributed by atoms with Crippen molar-refractivity contribution in [3.05, 3.63) is 70.3 Å². The predicted molar refractivity (Wildman–Crippen MR) is 108 cm³/mol. The largest absolute Gasteiger partial charge is 0.295 e. The quantitative estimate of drug-likeness (QED) is 0.467. The monoisotopic (exact) mass is 336 g/mol. The zero-order chi connectivity index (χ0) is 18.2. The Kier molecular flexibility index (Phi) is 7.43. The Morgan fingerprint density at radius 3 is 2.40 bits per heavy atom. The van der Waals surface area contributed by atoms with E-state index < -0.39 is 0 Å². The minimum Gasteiger partial charge on any atom is -0.295 e. The first-order valence-corrected chi connectivity index (χ1v) is 9.75. The van der Waals surface area contributed by atoms with Crippen LogP contribution in [0.25, 0.3) is 0 Å². The fourth-order valence-electron chi connectivity index (χ4n) is 3.76. The lowest BCUT2D eigenvalue weighted by atomic mass is 9.84. The normalized spacial score (nSPS) is 12.2. The lowest BCUT2D eigenvalue weighted by molar-refractivity contribution is 0.101. The van der Waals surface area contributed by atoms with Gasteiger partial charge >= 0.3 is 0 Å². The Morgan fingerprint density at radius 1 is 1.00 bits per heavy atom. The third-order valence-electron chi connectivity index (χ3n) is 5.27. The average Bonchev–Trinajstić information content (AvgIpc) is 2.62. The number of ketones is 1. The molecule has 0 spiro atoms. The van der Waals surface area contributed by atoms with Crippen molar-refractivity contribution in [2.24, 2.45) is 0 Å². The molecule has 1 nitrogen and oxygen atoms in total. The summed E-state index contributed by atoms with van der Waals surface area (Å²) in [5, 5.41) is 0. The van der Waals surface area contributed by atoms with Crippen LogP contribution in [0.3, 0.4) is 0 Å². The molecule has 0 aromatic heterocycles. The first kappa shape index (κ1) is 19.4. The highest BCUT2D eigenvalue weighted by molar-refractivity contribution is 5.94. The second kappa shape index (κ2) is 9.56. The van der Waals surface area contributed by atoms with Gasteiger partial charge in [-0.3, -0.25) is 4.79 Å². The van der Waals surface area contributed by atoms with Gasteiger partial charge in [-0.15, -0.1) is 0 Å². The number of carbonyl (C=O) groups is 1. The Morgan fingerprint density at radius 2 is 1.76 bits per heavy atom. The van der Waals surface area contributed by atoms with Crippen molar-refractivity contribution in [2.75, 3.05) is 0 Å². The molecule has 25 heavy (non-hydrogen) atoms. The molecule has 1 atom stereocenters. The molecule has 0 radical (unpaired) electrons. The van der Waals surface area contributed by atoms with Gasteiger partial charge in [0.1, 0.15) is 0 Å². The molecule has 1 unspecified atom stereocenters. The summed E-state index contributed by atoms with van der Waals surface area (Å²) in [6, 6.07) is 15.0. The maximum absolute atomic E-state index is 11.7. The standard InChI is InChI=1S/C24H32O/c1-5-10-22(14-9-13-21-12-8-7-11-18(21)3)24-16-15-23(19(4)25)17-20(24)6-2/h7-8,11-12,15-17,22H,5-6,9-10,13-14H2,1-4H3. The van der Waals surface area contributed by atoms with E-state index >= 15 is 0 Å². The van der Waals surface area contributed by atoms with Gasteiger partial charge in [-0.25, -0.2) is 0 Å². The fraction of sp³-hybridized carbons (Fsp3) is 0.458. The summed E-state index contributed by atoms with van der Waals surface area (Å²) in [5.41, 5.74) is 6.52. The Labute approximate surface area is 153 Å². The predicted octanol–water partition coefficient (Wildman–Crippen LogP) is 6.67. The first-order chi connectivity index (χ1) is 12.1. The van der Waals surface area contributed by atoms with E-state index in [9.17, 15) is 4.79 Å². The van der Waals surface area contributed by atoms with E-state index in [1.165, 1.54) is 47.9 Å². The van der Waals surface area contributed by atoms with Gasteiger partial charge in [0, 0.05) is 5.56 Å². The molecule has 0 aliphatic carbocycles. The van der Waals surface area contributed by atoms with E-state index in [1.807, 2.05) is 6.07 Å². The van der Waals surface area contributed by atoms with Crippen molar-refractivity contribution in [3.8, 4) is 0 Å². The number of hydrogen-bond donors (Lipinski definition) is 0. The molecule has 2 rings (SSSR count). The second-order valence-electron chi connectivity index (χ2n) is 7.13. The third kappa shape index (κ3) is 5.29. The molecule has 0 N–H and O–H groups in total. The molecule has 0 bridgehead atoms. The van der Waals surface area contributed by atoms with Crippen LogP contribution in [-0.4, -0.2) is 5.78 Å². The van der Waals surface area contributed by atoms with Gasteiger partial charge in [-0.2, -0.15) is 0 Å². The lowest BCUT2D eigenvalue weighted by Crippen LogP contribution is -2.06. The van der Waals surface area contributed by atoms with E-state index in [0.29, 0.717) is 5.92 Å². The minimum absolute atomic E-state index is 0.160. The number of carbonyl (C=O) groups excluding carboxylic acids is 1. The van der Waals surface area contributed by atoms with Crippen LogP contribution < -0.4 is 0 Å². The molecule has 0 aliphatic rings. The van der Waals surface area contributed by atoms with Crippen LogP contribution in [0.4, 0.5) is 0 Å². The van der Waals surface area contributed by atoms with E-state index in [-0.39, 0.29) is 5.78 Å². The zero-order valence-electron chi connectivity index (χ0n) is 16.3. The maximum Gasteiger partial charge on any atom is 0.159 e. The van der Waals surface area contributed by atoms with Gasteiger partial charge in [0.05, 0.1) is 0 Å². The Hall–Kier alpha value is -1.89. The van der Waals surface area contributed by atoms with Gasteiger partial charge in [0.2, 0.25) is 0 Å². The SMILES string of the molecule is CCCC(CCCc1ccccc1C)c1ccc(C(C)=O)cc1CC. The molecule has 0 aliphatic heterocycles. The fourth-order valence-corrected chi connectivity index (χ4v) is 3.76. The van der Waals surface area contributed by atoms with Gasteiger partial charge in [-0.05, 0) is 80.2 Å². The molecule has 0 amide bonds. The molecule has 0 saturated carbocycles. The van der Waals surface area contributed by atoms with Crippen LogP contribution >= 0.6 is 0 Å². The zero-order valence-corrected chi connectivity index (χ0v) is 16.3. The van der Waals surface area contributed by atoms with Crippen molar-refractivity contribution < 1.29 is 4.79 Å². The van der Waals surface area contributed by atoms with Crippen LogP contribution in [0.5, 0.6) is 0 Å². The van der Waals surface area contributed by atoms with Crippen LogP contribution in [0.2, 0.25) is 0 Å². The number of hydrogen-bond acceptors (Lipinski definition) is 1. The topological polar surface area (TPSA) is 17.1 Å². The van der Waals surface area contributed by atoms with Gasteiger partial charge in [-0.1, -0.05) is 56.7 Å². The van der Waals surface area contributed by atoms with Crippen LogP contribution in [0.1, 0.15) is 85.0 Å². The smallest absolute Gasteiger partial charge is 0.159 e. The molecule has 1 heteroatoms. The summed E-state index contributed by atoms with van der Waals surface area (Å²) < 4.78 is 0. The number of Topliss-reactive ketones (excluding diaryl/α,β-unsaturated/α-hetero) is 1. The number of rotatable bonds is 9. The van der Waals surface area contributed by atoms with E-state index in [0.717, 1.165) is 18.4 Å². The van der Waals surface area contributed by atoms with E-state index in [2.05, 4.69) is 57.2 Å². The minimum atomic E-state index is 0.160. The highest BCUT2D eigenvalue weighted by Gasteiger charge is 2.15. The molecule has 0 fully saturated rings. The summed E-state index contributed by atoms with van der Waals surface area (Å²) in [6.07, 6.45) is 7.00. The average molecular weight is 337 g/mol. The molecule has 2 aromatic carbocycles. The van der Waals surface area contributed by atoms with Crippen molar-refractivity contribution in [3.63, 3.8) is 0 Å². The molecule has 2 aromatic rings. The van der Waals surface area contributed by atoms with Gasteiger partial charge < -0.3 is 0 Å². The molecule has 0 heterocycles. The second-order valence-corrected chi connectivity index (χ2v) is 7.13. The van der Waals surface area contributed by atoms with Crippen molar-refractivity contribution in [2.45, 2.75) is 72.1 Å². The van der Waals surface area contributed by atoms with Crippen LogP contribution in [0, 0.1) is 6.92 Å². The van der Waals surface area contributed by atoms with Crippen molar-refractivity contribution in [1.82, 2.24) is 0 Å². The first-order valence-electron chi connectivity index (χ1n) is 9.75. The van der Waals surface area contributed by atoms with Crippen molar-refractivity contribution in [1.29, 1.82) is 0 Å². The van der Waals surface area contributed by atoms with E-state index in [4.69, 9.17) is 0 Å². The number of aryl methyl sites for hydroxylation is 3. The lowest BCUT2D eigenvalue weighted by Gasteiger charge is -2.21. The van der Waals surface area contributed by atoms with E-state index in [1.54, 1.807) is 6.92 Å². The third-order valence-corrected chi connectivity index (χ3v) is 5.27. The van der Waals surface area contributed by atoms with Crippen LogP contribution in [0.15, 0.2) is 42.5 Å². The molecular formula is C24H32O. The van der Waals surface area contributed by atoms with Crippen LogP contribution in [-0.2, 0) is 12.8 Å². The summed E-state index contributed by atoms with van der Waals surface area (Å²) in [6.45, 7) is 8.32. The Bertz CT molecular complexity index is 699. The van der Waals surface area contributed by atoms with Gasteiger partial charge in [0.25, 0.3) is 0 Å². The molecule has 0 saturated heterocycles. The van der Waals surface area contributed by atoms with Crippen molar-refractivity contribution >= 4 is 5.78 Å². The number of benzene rings is 2. The summed E-state index contributed by atoms with van der Waals surface area (Å²) in [5.74, 6) is 0.762. The highest BCUT2D eigenvalue weighted by atomic mass is 16.1. The highest BCUT2D eigenvalue weighted by Crippen LogP contribution is 2.31. The Balaban J connectivity index is 2.12.